The van der Waals surface area contributed by atoms with Gasteiger partial charge in [-0.3, -0.25) is 9.59 Å². The van der Waals surface area contributed by atoms with Gasteiger partial charge in [0.05, 0.1) is 18.0 Å². The number of amides is 2. The van der Waals surface area contributed by atoms with Crippen LogP contribution in [0.15, 0.2) is 24.3 Å². The van der Waals surface area contributed by atoms with Crippen LogP contribution < -0.4 is 5.32 Å². The Morgan fingerprint density at radius 1 is 1.29 bits per heavy atom. The van der Waals surface area contributed by atoms with Crippen molar-refractivity contribution in [3.63, 3.8) is 0 Å². The molecule has 3 fully saturated rings. The van der Waals surface area contributed by atoms with Crippen LogP contribution in [-0.4, -0.2) is 63.6 Å². The molecular weight excluding hydrogens is 394 g/mol. The topological polar surface area (TPSA) is 89.4 Å². The van der Waals surface area contributed by atoms with Crippen molar-refractivity contribution in [3.8, 4) is 5.69 Å². The van der Waals surface area contributed by atoms with Crippen molar-refractivity contribution in [2.75, 3.05) is 19.7 Å². The van der Waals surface area contributed by atoms with E-state index in [1.54, 1.807) is 4.68 Å². The first-order chi connectivity index (χ1) is 15.0. The van der Waals surface area contributed by atoms with E-state index in [9.17, 15) is 9.59 Å². The fraction of sp³-hybridized carbons (Fsp3) is 0.565. The predicted molar refractivity (Wildman–Crippen MR) is 114 cm³/mol. The second kappa shape index (κ2) is 7.75. The van der Waals surface area contributed by atoms with Gasteiger partial charge in [0.15, 0.2) is 5.69 Å². The van der Waals surface area contributed by atoms with E-state index in [1.807, 2.05) is 43.0 Å². The van der Waals surface area contributed by atoms with E-state index in [0.29, 0.717) is 24.5 Å². The van der Waals surface area contributed by atoms with E-state index in [0.717, 1.165) is 37.1 Å². The number of ether oxygens (including phenoxy) is 1. The van der Waals surface area contributed by atoms with Gasteiger partial charge in [0, 0.05) is 19.1 Å². The van der Waals surface area contributed by atoms with E-state index in [4.69, 9.17) is 4.74 Å². The van der Waals surface area contributed by atoms with Gasteiger partial charge in [-0.25, -0.2) is 4.68 Å². The molecule has 2 aromatic rings. The van der Waals surface area contributed by atoms with Crippen molar-refractivity contribution in [2.45, 2.75) is 58.1 Å². The molecule has 2 unspecified atom stereocenters. The highest BCUT2D eigenvalue weighted by Crippen LogP contribution is 2.54. The molecule has 2 amide bonds. The van der Waals surface area contributed by atoms with Gasteiger partial charge in [0.25, 0.3) is 11.8 Å². The molecule has 1 saturated carbocycles. The largest absolute Gasteiger partial charge is 0.368 e. The number of nitrogens with zero attached hydrogens (tertiary/aromatic N) is 4. The van der Waals surface area contributed by atoms with E-state index in [-0.39, 0.29) is 29.4 Å². The van der Waals surface area contributed by atoms with Gasteiger partial charge in [-0.05, 0) is 69.1 Å². The third kappa shape index (κ3) is 3.84. The molecule has 5 rings (SSSR count). The van der Waals surface area contributed by atoms with Crippen molar-refractivity contribution >= 4 is 11.8 Å². The standard InChI is InChI=1S/C23H29N5O3/c1-15-5-3-6-17(11-15)28-16(2)20(25-26-28)21(29)24-13-18-7-4-10-27(18)22(30)19-12-23(8-9-23)14-31-19/h3,5-6,11,18-19H,4,7-10,12-14H2,1-2H3,(H,24,29). The molecule has 1 spiro atoms. The Morgan fingerprint density at radius 2 is 2.13 bits per heavy atom. The Kier molecular flexibility index (Phi) is 5.04. The summed E-state index contributed by atoms with van der Waals surface area (Å²) in [6.45, 7) is 5.72. The Bertz CT molecular complexity index is 1010. The summed E-state index contributed by atoms with van der Waals surface area (Å²) in [6, 6.07) is 7.91. The van der Waals surface area contributed by atoms with Crippen LogP contribution >= 0.6 is 0 Å². The molecule has 1 aliphatic carbocycles. The van der Waals surface area contributed by atoms with Gasteiger partial charge in [0.2, 0.25) is 0 Å². The molecule has 8 heteroatoms. The summed E-state index contributed by atoms with van der Waals surface area (Å²) in [7, 11) is 0. The Balaban J connectivity index is 1.22. The minimum atomic E-state index is -0.310. The molecule has 1 aromatic carbocycles. The molecule has 3 heterocycles. The number of aromatic nitrogens is 3. The molecule has 2 saturated heterocycles. The van der Waals surface area contributed by atoms with Crippen LogP contribution in [0.25, 0.3) is 5.69 Å². The fourth-order valence-electron chi connectivity index (χ4n) is 4.83. The highest BCUT2D eigenvalue weighted by atomic mass is 16.5. The minimum Gasteiger partial charge on any atom is -0.368 e. The van der Waals surface area contributed by atoms with Gasteiger partial charge in [-0.15, -0.1) is 5.10 Å². The summed E-state index contributed by atoms with van der Waals surface area (Å²) >= 11 is 0. The molecule has 0 radical (unpaired) electrons. The van der Waals surface area contributed by atoms with Crippen molar-refractivity contribution in [1.82, 2.24) is 25.2 Å². The Morgan fingerprint density at radius 3 is 2.87 bits per heavy atom. The second-order valence-corrected chi connectivity index (χ2v) is 9.32. The first-order valence-corrected chi connectivity index (χ1v) is 11.2. The zero-order valence-corrected chi connectivity index (χ0v) is 18.1. The van der Waals surface area contributed by atoms with Gasteiger partial charge < -0.3 is 15.0 Å². The van der Waals surface area contributed by atoms with Gasteiger partial charge in [0.1, 0.15) is 6.10 Å². The van der Waals surface area contributed by atoms with E-state index >= 15 is 0 Å². The first kappa shape index (κ1) is 20.2. The fourth-order valence-corrected chi connectivity index (χ4v) is 4.83. The van der Waals surface area contributed by atoms with Crippen LogP contribution in [-0.2, 0) is 9.53 Å². The summed E-state index contributed by atoms with van der Waals surface area (Å²) < 4.78 is 7.50. The third-order valence-electron chi connectivity index (χ3n) is 6.96. The number of nitrogens with one attached hydrogen (secondary N) is 1. The molecule has 0 bridgehead atoms. The molecule has 164 valence electrons. The van der Waals surface area contributed by atoms with E-state index < -0.39 is 0 Å². The molecule has 2 aliphatic heterocycles. The SMILES string of the molecule is Cc1cccc(-n2nnc(C(=O)NCC3CCCN3C(=O)C3CC4(CC4)CO3)c2C)c1. The van der Waals surface area contributed by atoms with E-state index in [2.05, 4.69) is 15.6 Å². The number of carbonyl (C=O) groups excluding carboxylic acids is 2. The zero-order valence-electron chi connectivity index (χ0n) is 18.1. The summed E-state index contributed by atoms with van der Waals surface area (Å²) in [4.78, 5) is 27.7. The molecule has 3 aliphatic rings. The lowest BCUT2D eigenvalue weighted by atomic mass is 10.0. The molecule has 8 nitrogen and oxygen atoms in total. The number of benzene rings is 1. The number of aryl methyl sites for hydroxylation is 1. The van der Waals surface area contributed by atoms with Crippen LogP contribution in [0.5, 0.6) is 0 Å². The van der Waals surface area contributed by atoms with Gasteiger partial charge in [-0.2, -0.15) is 0 Å². The van der Waals surface area contributed by atoms with E-state index in [1.165, 1.54) is 12.8 Å². The number of likely N-dealkylation sites (tertiary alicyclic amines) is 1. The summed E-state index contributed by atoms with van der Waals surface area (Å²) in [5.74, 6) is -0.174. The maximum atomic E-state index is 13.0. The lowest BCUT2D eigenvalue weighted by molar-refractivity contribution is -0.141. The highest BCUT2D eigenvalue weighted by molar-refractivity contribution is 5.93. The lowest BCUT2D eigenvalue weighted by Crippen LogP contribution is -2.47. The molecule has 1 aromatic heterocycles. The van der Waals surface area contributed by atoms with Crippen molar-refractivity contribution in [1.29, 1.82) is 0 Å². The molecular formula is C23H29N5O3. The van der Waals surface area contributed by atoms with Crippen LogP contribution in [0.1, 0.15) is 53.8 Å². The smallest absolute Gasteiger partial charge is 0.273 e. The molecule has 2 atom stereocenters. The number of carbonyl (C=O) groups is 2. The number of hydrogen-bond acceptors (Lipinski definition) is 5. The maximum absolute atomic E-state index is 13.0. The number of hydrogen-bond donors (Lipinski definition) is 1. The average molecular weight is 424 g/mol. The predicted octanol–water partition coefficient (Wildman–Crippen LogP) is 2.17. The highest BCUT2D eigenvalue weighted by Gasteiger charge is 2.52. The first-order valence-electron chi connectivity index (χ1n) is 11.2. The summed E-state index contributed by atoms with van der Waals surface area (Å²) in [5, 5.41) is 11.2. The normalized spacial score (nSPS) is 24.0. The van der Waals surface area contributed by atoms with Gasteiger partial charge in [-0.1, -0.05) is 17.3 Å². The van der Waals surface area contributed by atoms with Crippen molar-refractivity contribution < 1.29 is 14.3 Å². The monoisotopic (exact) mass is 423 g/mol. The maximum Gasteiger partial charge on any atom is 0.273 e. The summed E-state index contributed by atoms with van der Waals surface area (Å²) in [6.07, 6.45) is 4.74. The average Bonchev–Trinajstić information content (AvgIpc) is 3.10. The molecule has 1 N–H and O–H groups in total. The Hall–Kier alpha value is -2.74. The van der Waals surface area contributed by atoms with Crippen LogP contribution in [0, 0.1) is 19.3 Å². The zero-order chi connectivity index (χ0) is 21.6. The van der Waals surface area contributed by atoms with Crippen molar-refractivity contribution in [3.05, 3.63) is 41.2 Å². The quantitative estimate of drug-likeness (QED) is 0.796. The van der Waals surface area contributed by atoms with Crippen LogP contribution in [0.4, 0.5) is 0 Å². The second-order valence-electron chi connectivity index (χ2n) is 9.32. The third-order valence-corrected chi connectivity index (χ3v) is 6.96. The molecule has 31 heavy (non-hydrogen) atoms. The summed E-state index contributed by atoms with van der Waals surface area (Å²) in [5.41, 5.74) is 3.28. The van der Waals surface area contributed by atoms with Gasteiger partial charge >= 0.3 is 0 Å². The van der Waals surface area contributed by atoms with Crippen molar-refractivity contribution in [2.24, 2.45) is 5.41 Å². The Labute approximate surface area is 181 Å². The lowest BCUT2D eigenvalue weighted by Gasteiger charge is -2.27. The number of rotatable bonds is 5. The minimum absolute atomic E-state index is 0.00271. The van der Waals surface area contributed by atoms with Crippen LogP contribution in [0.3, 0.4) is 0 Å². The van der Waals surface area contributed by atoms with Crippen LogP contribution in [0.2, 0.25) is 0 Å².